The highest BCUT2D eigenvalue weighted by Crippen LogP contribution is 2.22. The average Bonchev–Trinajstić information content (AvgIpc) is 3.08. The number of carbonyl (C=O) groups excluding carboxylic acids is 1. The molecule has 1 aliphatic rings. The first-order valence-corrected chi connectivity index (χ1v) is 9.53. The molecule has 154 valence electrons. The summed E-state index contributed by atoms with van der Waals surface area (Å²) in [5.74, 6) is 0.989. The number of nitrogens with one attached hydrogen (secondary N) is 4. The van der Waals surface area contributed by atoms with Gasteiger partial charge in [0.15, 0.2) is 5.82 Å². The predicted octanol–water partition coefficient (Wildman–Crippen LogP) is 2.30. The van der Waals surface area contributed by atoms with Crippen molar-refractivity contribution in [2.24, 2.45) is 7.05 Å². The van der Waals surface area contributed by atoms with Gasteiger partial charge in [-0.15, -0.1) is 0 Å². The molecule has 1 fully saturated rings. The molecule has 3 rings (SSSR count). The van der Waals surface area contributed by atoms with Crippen LogP contribution < -0.4 is 16.0 Å². The number of nitrogens with zero attached hydrogens (tertiary/aromatic N) is 3. The molecule has 0 atom stereocenters. The number of morpholine rings is 1. The summed E-state index contributed by atoms with van der Waals surface area (Å²) in [4.78, 5) is 18.0. The zero-order valence-electron chi connectivity index (χ0n) is 16.8. The normalized spacial score (nSPS) is 13.7. The maximum atomic E-state index is 11.6. The lowest BCUT2D eigenvalue weighted by molar-refractivity contribution is 0.0678. The van der Waals surface area contributed by atoms with Crippen LogP contribution in [0.4, 0.5) is 16.3 Å². The van der Waals surface area contributed by atoms with E-state index in [0.717, 1.165) is 5.56 Å². The third kappa shape index (κ3) is 4.94. The van der Waals surface area contributed by atoms with Gasteiger partial charge in [0.2, 0.25) is 0 Å². The standard InChI is InChI=1S/C20H27N7O2/c1-4-22-20(28)25-16-7-5-15(6-8-16)14(2)24-19-17(26(3)13-23-19)18(21)27-9-11-29-12-10-27/h5-8,13,21,24H,2,4,9-12H2,1,3H3,(H2,22,25,28). The number of hydrogen-bond donors (Lipinski definition) is 4. The van der Waals surface area contributed by atoms with Crippen LogP contribution in [-0.4, -0.2) is 59.2 Å². The third-order valence-electron chi connectivity index (χ3n) is 4.59. The van der Waals surface area contributed by atoms with Crippen molar-refractivity contribution in [2.45, 2.75) is 6.92 Å². The average molecular weight is 397 g/mol. The summed E-state index contributed by atoms with van der Waals surface area (Å²) in [5.41, 5.74) is 2.91. The van der Waals surface area contributed by atoms with Gasteiger partial charge in [-0.1, -0.05) is 18.7 Å². The van der Waals surface area contributed by atoms with Crippen molar-refractivity contribution in [2.75, 3.05) is 43.5 Å². The second kappa shape index (κ2) is 9.24. The topological polar surface area (TPSA) is 107 Å². The number of hydrogen-bond acceptors (Lipinski definition) is 5. The van der Waals surface area contributed by atoms with E-state index in [4.69, 9.17) is 10.1 Å². The second-order valence-corrected chi connectivity index (χ2v) is 6.67. The van der Waals surface area contributed by atoms with Crippen molar-refractivity contribution in [3.63, 3.8) is 0 Å². The van der Waals surface area contributed by atoms with Crippen LogP contribution >= 0.6 is 0 Å². The fourth-order valence-electron chi connectivity index (χ4n) is 3.04. The molecule has 1 saturated heterocycles. The highest BCUT2D eigenvalue weighted by Gasteiger charge is 2.22. The number of amides is 2. The molecule has 0 bridgehead atoms. The van der Waals surface area contributed by atoms with Gasteiger partial charge < -0.3 is 30.2 Å². The van der Waals surface area contributed by atoms with Gasteiger partial charge in [-0.2, -0.15) is 0 Å². The number of amidine groups is 1. The van der Waals surface area contributed by atoms with Crippen molar-refractivity contribution < 1.29 is 9.53 Å². The molecule has 0 radical (unpaired) electrons. The van der Waals surface area contributed by atoms with Crippen LogP contribution in [0.5, 0.6) is 0 Å². The summed E-state index contributed by atoms with van der Waals surface area (Å²) in [6.45, 7) is 9.13. The number of benzene rings is 1. The molecule has 0 aliphatic carbocycles. The molecule has 9 nitrogen and oxygen atoms in total. The molecular formula is C20H27N7O2. The maximum absolute atomic E-state index is 11.6. The fourth-order valence-corrected chi connectivity index (χ4v) is 3.04. The largest absolute Gasteiger partial charge is 0.378 e. The van der Waals surface area contributed by atoms with Gasteiger partial charge in [-0.3, -0.25) is 5.41 Å². The Balaban J connectivity index is 1.69. The van der Waals surface area contributed by atoms with Crippen LogP contribution in [0.25, 0.3) is 5.70 Å². The summed E-state index contributed by atoms with van der Waals surface area (Å²) in [5, 5.41) is 17.3. The van der Waals surface area contributed by atoms with Crippen LogP contribution in [0.1, 0.15) is 18.2 Å². The minimum Gasteiger partial charge on any atom is -0.378 e. The van der Waals surface area contributed by atoms with Crippen molar-refractivity contribution in [3.8, 4) is 0 Å². The van der Waals surface area contributed by atoms with E-state index in [1.165, 1.54) is 0 Å². The molecule has 2 heterocycles. The van der Waals surface area contributed by atoms with Crippen LogP contribution in [0.2, 0.25) is 0 Å². The molecule has 2 amide bonds. The molecule has 0 spiro atoms. The second-order valence-electron chi connectivity index (χ2n) is 6.67. The van der Waals surface area contributed by atoms with E-state index >= 15 is 0 Å². The monoisotopic (exact) mass is 397 g/mol. The molecule has 0 saturated carbocycles. The van der Waals surface area contributed by atoms with E-state index < -0.39 is 0 Å². The zero-order valence-corrected chi connectivity index (χ0v) is 16.8. The predicted molar refractivity (Wildman–Crippen MR) is 114 cm³/mol. The van der Waals surface area contributed by atoms with Crippen LogP contribution in [0, 0.1) is 5.41 Å². The van der Waals surface area contributed by atoms with E-state index in [1.807, 2.05) is 47.7 Å². The van der Waals surface area contributed by atoms with Gasteiger partial charge in [0.1, 0.15) is 11.5 Å². The highest BCUT2D eigenvalue weighted by molar-refractivity contribution is 6.00. The number of anilines is 2. The lowest BCUT2D eigenvalue weighted by Crippen LogP contribution is -2.41. The number of rotatable bonds is 6. The van der Waals surface area contributed by atoms with Crippen molar-refractivity contribution >= 4 is 29.1 Å². The van der Waals surface area contributed by atoms with E-state index in [9.17, 15) is 4.79 Å². The van der Waals surface area contributed by atoms with Crippen LogP contribution in [0.15, 0.2) is 37.2 Å². The summed E-state index contributed by atoms with van der Waals surface area (Å²) >= 11 is 0. The zero-order chi connectivity index (χ0) is 20.8. The summed E-state index contributed by atoms with van der Waals surface area (Å²) in [6, 6.07) is 7.12. The Labute approximate surface area is 170 Å². The number of aryl methyl sites for hydroxylation is 1. The van der Waals surface area contributed by atoms with Gasteiger partial charge in [0.25, 0.3) is 0 Å². The van der Waals surface area contributed by atoms with Crippen LogP contribution in [0.3, 0.4) is 0 Å². The number of carbonyl (C=O) groups is 1. The van der Waals surface area contributed by atoms with E-state index in [2.05, 4.69) is 27.5 Å². The van der Waals surface area contributed by atoms with E-state index in [0.29, 0.717) is 61.6 Å². The van der Waals surface area contributed by atoms with Gasteiger partial charge in [-0.25, -0.2) is 9.78 Å². The molecule has 29 heavy (non-hydrogen) atoms. The molecule has 4 N–H and O–H groups in total. The van der Waals surface area contributed by atoms with Crippen molar-refractivity contribution in [1.29, 1.82) is 5.41 Å². The number of urea groups is 1. The smallest absolute Gasteiger partial charge is 0.319 e. The Morgan fingerprint density at radius 2 is 1.93 bits per heavy atom. The Bertz CT molecular complexity index is 883. The van der Waals surface area contributed by atoms with E-state index in [-0.39, 0.29) is 6.03 Å². The van der Waals surface area contributed by atoms with Gasteiger partial charge in [0, 0.05) is 38.1 Å². The third-order valence-corrected chi connectivity index (χ3v) is 4.59. The number of ether oxygens (including phenoxy) is 1. The lowest BCUT2D eigenvalue weighted by Gasteiger charge is -2.29. The van der Waals surface area contributed by atoms with Crippen molar-refractivity contribution in [1.82, 2.24) is 19.8 Å². The summed E-state index contributed by atoms with van der Waals surface area (Å²) < 4.78 is 7.20. The maximum Gasteiger partial charge on any atom is 0.319 e. The number of imidazole rings is 1. The lowest BCUT2D eigenvalue weighted by atomic mass is 10.1. The molecule has 9 heteroatoms. The van der Waals surface area contributed by atoms with Gasteiger partial charge in [0.05, 0.1) is 19.5 Å². The van der Waals surface area contributed by atoms with E-state index in [1.54, 1.807) is 6.33 Å². The number of aromatic nitrogens is 2. The fraction of sp³-hybridized carbons (Fsp3) is 0.350. The van der Waals surface area contributed by atoms with Gasteiger partial charge in [-0.05, 0) is 24.6 Å². The first kappa shape index (κ1) is 20.4. The quantitative estimate of drug-likeness (QED) is 0.442. The van der Waals surface area contributed by atoms with Crippen LogP contribution in [-0.2, 0) is 11.8 Å². The highest BCUT2D eigenvalue weighted by atomic mass is 16.5. The molecule has 2 aromatic rings. The Hall–Kier alpha value is -3.33. The Morgan fingerprint density at radius 3 is 2.59 bits per heavy atom. The first-order chi connectivity index (χ1) is 14.0. The van der Waals surface area contributed by atoms with Crippen molar-refractivity contribution in [3.05, 3.63) is 48.4 Å². The Morgan fingerprint density at radius 1 is 1.24 bits per heavy atom. The molecule has 1 aromatic heterocycles. The molecule has 1 aliphatic heterocycles. The minimum atomic E-state index is -0.239. The van der Waals surface area contributed by atoms with Gasteiger partial charge >= 0.3 is 6.03 Å². The summed E-state index contributed by atoms with van der Waals surface area (Å²) in [6.07, 6.45) is 1.68. The molecule has 1 aromatic carbocycles. The Kier molecular flexibility index (Phi) is 6.50. The minimum absolute atomic E-state index is 0.239. The summed E-state index contributed by atoms with van der Waals surface area (Å²) in [7, 11) is 1.87. The molecular weight excluding hydrogens is 370 g/mol. The SMILES string of the molecule is C=C(Nc1ncn(C)c1C(=N)N1CCOCC1)c1ccc(NC(=O)NCC)cc1. The first-order valence-electron chi connectivity index (χ1n) is 9.53. The molecule has 0 unspecified atom stereocenters.